The summed E-state index contributed by atoms with van der Waals surface area (Å²) < 4.78 is 79.9. The van der Waals surface area contributed by atoms with Crippen molar-refractivity contribution in [1.29, 1.82) is 0 Å². The van der Waals surface area contributed by atoms with E-state index in [1.165, 1.54) is 0 Å². The van der Waals surface area contributed by atoms with Gasteiger partial charge in [-0.2, -0.15) is 26.3 Å². The van der Waals surface area contributed by atoms with Crippen molar-refractivity contribution in [1.82, 2.24) is 0 Å². The minimum atomic E-state index is -5.51. The first kappa shape index (κ1) is 18.7. The van der Waals surface area contributed by atoms with Crippen LogP contribution in [-0.4, -0.2) is 16.2 Å². The number of hydrogen-bond acceptors (Lipinski definition) is 3. The standard InChI is InChI=1S/C15H9F6NO3/c16-14(17,18)12-4-2-1-3-11(12)13(23,15(19,20)21)9-5-7-10(8-6-9)22(24)25/h1-8,23H. The summed E-state index contributed by atoms with van der Waals surface area (Å²) in [6.45, 7) is 0. The van der Waals surface area contributed by atoms with Gasteiger partial charge >= 0.3 is 12.4 Å². The molecule has 0 saturated heterocycles. The predicted octanol–water partition coefficient (Wildman–Crippen LogP) is 4.41. The van der Waals surface area contributed by atoms with E-state index in [9.17, 15) is 41.6 Å². The van der Waals surface area contributed by atoms with Crippen molar-refractivity contribution in [3.8, 4) is 0 Å². The van der Waals surface area contributed by atoms with Crippen LogP contribution in [0.1, 0.15) is 16.7 Å². The molecule has 0 bridgehead atoms. The highest BCUT2D eigenvalue weighted by Crippen LogP contribution is 2.48. The molecule has 0 radical (unpaired) electrons. The van der Waals surface area contributed by atoms with Gasteiger partial charge in [-0.05, 0) is 23.8 Å². The molecular formula is C15H9F6NO3. The van der Waals surface area contributed by atoms with Gasteiger partial charge in [0.2, 0.25) is 5.60 Å². The van der Waals surface area contributed by atoms with E-state index >= 15 is 0 Å². The van der Waals surface area contributed by atoms with Crippen LogP contribution in [-0.2, 0) is 11.8 Å². The molecule has 2 rings (SSSR count). The Kier molecular flexibility index (Phi) is 4.51. The Labute approximate surface area is 136 Å². The molecule has 1 unspecified atom stereocenters. The van der Waals surface area contributed by atoms with Crippen molar-refractivity contribution in [2.75, 3.05) is 0 Å². The SMILES string of the molecule is O=[N+]([O-])c1ccc(C(O)(c2ccccc2C(F)(F)F)C(F)(F)F)cc1. The molecule has 0 fully saturated rings. The number of halogens is 6. The maximum Gasteiger partial charge on any atom is 0.425 e. The zero-order chi connectivity index (χ0) is 19.0. The Morgan fingerprint density at radius 1 is 0.840 bits per heavy atom. The second-order valence-electron chi connectivity index (χ2n) is 5.06. The molecule has 0 amide bonds. The van der Waals surface area contributed by atoms with Crippen molar-refractivity contribution in [3.63, 3.8) is 0 Å². The van der Waals surface area contributed by atoms with Crippen LogP contribution >= 0.6 is 0 Å². The second kappa shape index (κ2) is 6.03. The summed E-state index contributed by atoms with van der Waals surface area (Å²) >= 11 is 0. The van der Waals surface area contributed by atoms with Gasteiger partial charge < -0.3 is 5.11 Å². The zero-order valence-corrected chi connectivity index (χ0v) is 12.1. The van der Waals surface area contributed by atoms with Crippen LogP contribution in [0.2, 0.25) is 0 Å². The molecule has 134 valence electrons. The second-order valence-corrected chi connectivity index (χ2v) is 5.06. The summed E-state index contributed by atoms with van der Waals surface area (Å²) in [7, 11) is 0. The van der Waals surface area contributed by atoms with Gasteiger partial charge in [-0.3, -0.25) is 10.1 Å². The largest absolute Gasteiger partial charge is 0.425 e. The highest BCUT2D eigenvalue weighted by atomic mass is 19.4. The number of aliphatic hydroxyl groups is 1. The van der Waals surface area contributed by atoms with E-state index in [1.807, 2.05) is 0 Å². The van der Waals surface area contributed by atoms with Gasteiger partial charge in [-0.15, -0.1) is 0 Å². The maximum absolute atomic E-state index is 13.6. The molecule has 0 aliphatic heterocycles. The molecule has 0 spiro atoms. The first-order chi connectivity index (χ1) is 11.4. The molecule has 1 atom stereocenters. The highest BCUT2D eigenvalue weighted by molar-refractivity contribution is 5.46. The topological polar surface area (TPSA) is 63.4 Å². The number of nitrogens with zero attached hydrogens (tertiary/aromatic N) is 1. The van der Waals surface area contributed by atoms with Gasteiger partial charge in [0, 0.05) is 17.7 Å². The number of nitro groups is 1. The number of alkyl halides is 6. The first-order valence-corrected chi connectivity index (χ1v) is 6.59. The van der Waals surface area contributed by atoms with E-state index in [1.54, 1.807) is 0 Å². The van der Waals surface area contributed by atoms with E-state index in [-0.39, 0.29) is 0 Å². The van der Waals surface area contributed by atoms with Crippen molar-refractivity contribution in [2.24, 2.45) is 0 Å². The smallest absolute Gasteiger partial charge is 0.372 e. The third kappa shape index (κ3) is 3.29. The Hall–Kier alpha value is -2.62. The van der Waals surface area contributed by atoms with E-state index in [2.05, 4.69) is 0 Å². The molecule has 0 aliphatic carbocycles. The summed E-state index contributed by atoms with van der Waals surface area (Å²) in [6, 6.07) is 5.21. The first-order valence-electron chi connectivity index (χ1n) is 6.59. The molecule has 2 aromatic carbocycles. The van der Waals surface area contributed by atoms with E-state index in [0.29, 0.717) is 36.4 Å². The average molecular weight is 365 g/mol. The molecule has 10 heteroatoms. The normalized spacial score (nSPS) is 14.8. The third-order valence-corrected chi connectivity index (χ3v) is 3.53. The lowest BCUT2D eigenvalue weighted by Crippen LogP contribution is -2.44. The maximum atomic E-state index is 13.6. The summed E-state index contributed by atoms with van der Waals surface area (Å²) in [5.74, 6) is 0. The molecule has 2 aromatic rings. The van der Waals surface area contributed by atoms with Crippen LogP contribution < -0.4 is 0 Å². The number of non-ortho nitro benzene ring substituents is 1. The summed E-state index contributed by atoms with van der Waals surface area (Å²) in [5.41, 5.74) is -8.61. The lowest BCUT2D eigenvalue weighted by atomic mass is 9.82. The molecular weight excluding hydrogens is 356 g/mol. The quantitative estimate of drug-likeness (QED) is 0.498. The fourth-order valence-corrected chi connectivity index (χ4v) is 2.34. The number of hydrogen-bond donors (Lipinski definition) is 1. The molecule has 0 saturated carbocycles. The number of nitro benzene ring substituents is 1. The van der Waals surface area contributed by atoms with Gasteiger partial charge in [-0.25, -0.2) is 0 Å². The van der Waals surface area contributed by atoms with Crippen LogP contribution in [0, 0.1) is 10.1 Å². The van der Waals surface area contributed by atoms with Crippen LogP contribution in [0.15, 0.2) is 48.5 Å². The van der Waals surface area contributed by atoms with Gasteiger partial charge in [0.25, 0.3) is 5.69 Å². The summed E-state index contributed by atoms with van der Waals surface area (Å²) in [4.78, 5) is 9.70. The van der Waals surface area contributed by atoms with E-state index in [0.717, 1.165) is 12.1 Å². The molecule has 0 aromatic heterocycles. The Morgan fingerprint density at radius 2 is 1.32 bits per heavy atom. The molecule has 1 N–H and O–H groups in total. The van der Waals surface area contributed by atoms with Crippen molar-refractivity contribution >= 4 is 5.69 Å². The van der Waals surface area contributed by atoms with Gasteiger partial charge in [0.1, 0.15) is 0 Å². The van der Waals surface area contributed by atoms with Crippen LogP contribution in [0.4, 0.5) is 32.0 Å². The van der Waals surface area contributed by atoms with Gasteiger partial charge in [-0.1, -0.05) is 18.2 Å². The monoisotopic (exact) mass is 365 g/mol. The fraction of sp³-hybridized carbons (Fsp3) is 0.200. The fourth-order valence-electron chi connectivity index (χ4n) is 2.34. The van der Waals surface area contributed by atoms with Gasteiger partial charge in [0.15, 0.2) is 0 Å². The third-order valence-electron chi connectivity index (χ3n) is 3.53. The molecule has 25 heavy (non-hydrogen) atoms. The Balaban J connectivity index is 2.75. The summed E-state index contributed by atoms with van der Waals surface area (Å²) in [5, 5.41) is 20.9. The summed E-state index contributed by atoms with van der Waals surface area (Å²) in [6.07, 6.45) is -10.7. The Morgan fingerprint density at radius 3 is 1.72 bits per heavy atom. The van der Waals surface area contributed by atoms with Crippen LogP contribution in [0.3, 0.4) is 0 Å². The van der Waals surface area contributed by atoms with Crippen LogP contribution in [0.5, 0.6) is 0 Å². The van der Waals surface area contributed by atoms with Crippen molar-refractivity contribution in [3.05, 3.63) is 75.3 Å². The van der Waals surface area contributed by atoms with E-state index < -0.39 is 45.3 Å². The van der Waals surface area contributed by atoms with Gasteiger partial charge in [0.05, 0.1) is 10.5 Å². The van der Waals surface area contributed by atoms with Crippen molar-refractivity contribution in [2.45, 2.75) is 18.0 Å². The lowest BCUT2D eigenvalue weighted by Gasteiger charge is -2.33. The number of rotatable bonds is 3. The highest BCUT2D eigenvalue weighted by Gasteiger charge is 2.58. The Bertz CT molecular complexity index is 785. The molecule has 4 nitrogen and oxygen atoms in total. The molecule has 0 heterocycles. The van der Waals surface area contributed by atoms with Crippen LogP contribution in [0.25, 0.3) is 0 Å². The predicted molar refractivity (Wildman–Crippen MR) is 73.6 cm³/mol. The lowest BCUT2D eigenvalue weighted by molar-refractivity contribution is -0.384. The van der Waals surface area contributed by atoms with Crippen molar-refractivity contribution < 1.29 is 36.4 Å². The molecule has 0 aliphatic rings. The minimum absolute atomic E-state index is 0.414. The van der Waals surface area contributed by atoms with E-state index in [4.69, 9.17) is 0 Å². The average Bonchev–Trinajstić information content (AvgIpc) is 2.52. The zero-order valence-electron chi connectivity index (χ0n) is 12.1. The number of benzene rings is 2. The minimum Gasteiger partial charge on any atom is -0.372 e.